The number of aromatic amines is 1. The molecule has 0 saturated heterocycles. The van der Waals surface area contributed by atoms with Crippen LogP contribution in [0.5, 0.6) is 0 Å². The van der Waals surface area contributed by atoms with E-state index >= 15 is 0 Å². The smallest absolute Gasteiger partial charge is 0.276 e. The predicted molar refractivity (Wildman–Crippen MR) is 60.8 cm³/mol. The highest BCUT2D eigenvalue weighted by atomic mass is 16.1. The predicted octanol–water partition coefficient (Wildman–Crippen LogP) is 1.39. The van der Waals surface area contributed by atoms with E-state index in [2.05, 4.69) is 15.1 Å². The van der Waals surface area contributed by atoms with Crippen molar-refractivity contribution < 1.29 is 0 Å². The summed E-state index contributed by atoms with van der Waals surface area (Å²) in [6.45, 7) is 5.90. The molecule has 0 fully saturated rings. The monoisotopic (exact) mass is 218 g/mol. The van der Waals surface area contributed by atoms with Crippen LogP contribution in [0.1, 0.15) is 31.0 Å². The summed E-state index contributed by atoms with van der Waals surface area (Å²) in [6, 6.07) is 1.70. The average molecular weight is 218 g/mol. The largest absolute Gasteiger partial charge is 0.294 e. The lowest BCUT2D eigenvalue weighted by atomic mass is 10.1. The molecule has 0 amide bonds. The van der Waals surface area contributed by atoms with Crippen LogP contribution in [0.25, 0.3) is 5.82 Å². The summed E-state index contributed by atoms with van der Waals surface area (Å²) in [7, 11) is 0. The number of aryl methyl sites for hydroxylation is 1. The van der Waals surface area contributed by atoms with E-state index in [0.29, 0.717) is 5.82 Å². The molecule has 2 heterocycles. The van der Waals surface area contributed by atoms with Crippen molar-refractivity contribution in [1.82, 2.24) is 19.7 Å². The van der Waals surface area contributed by atoms with Gasteiger partial charge < -0.3 is 0 Å². The van der Waals surface area contributed by atoms with Gasteiger partial charge >= 0.3 is 0 Å². The Bertz CT molecular complexity index is 539. The van der Waals surface area contributed by atoms with Crippen LogP contribution >= 0.6 is 0 Å². The molecule has 2 aromatic heterocycles. The molecule has 16 heavy (non-hydrogen) atoms. The van der Waals surface area contributed by atoms with Gasteiger partial charge in [-0.1, -0.05) is 13.8 Å². The van der Waals surface area contributed by atoms with Gasteiger partial charge in [0.15, 0.2) is 5.82 Å². The van der Waals surface area contributed by atoms with E-state index in [0.717, 1.165) is 11.3 Å². The first-order valence-corrected chi connectivity index (χ1v) is 5.19. The zero-order chi connectivity index (χ0) is 11.7. The summed E-state index contributed by atoms with van der Waals surface area (Å²) in [5.41, 5.74) is 1.66. The van der Waals surface area contributed by atoms with E-state index in [1.54, 1.807) is 12.3 Å². The molecule has 5 heteroatoms. The van der Waals surface area contributed by atoms with Crippen molar-refractivity contribution in [2.24, 2.45) is 0 Å². The van der Waals surface area contributed by atoms with Gasteiger partial charge in [0.05, 0.1) is 0 Å². The second-order valence-electron chi connectivity index (χ2n) is 4.01. The summed E-state index contributed by atoms with van der Waals surface area (Å²) in [5, 5.41) is 3.02. The van der Waals surface area contributed by atoms with Gasteiger partial charge in [-0.25, -0.2) is 14.6 Å². The molecule has 0 aliphatic rings. The minimum atomic E-state index is -0.0359. The summed E-state index contributed by atoms with van der Waals surface area (Å²) < 4.78 is 1.45. The molecule has 0 aliphatic heterocycles. The summed E-state index contributed by atoms with van der Waals surface area (Å²) in [6.07, 6.45) is 3.03. The third kappa shape index (κ3) is 1.64. The Hall–Kier alpha value is -1.91. The zero-order valence-electron chi connectivity index (χ0n) is 9.56. The Labute approximate surface area is 93.2 Å². The standard InChI is InChI=1S/C11H14N4O/c1-7(2)10-8(3)14-15(11(10)16)9-4-5-12-6-13-9/h4-7,14H,1-3H3. The molecule has 0 aliphatic carbocycles. The molecule has 5 nitrogen and oxygen atoms in total. The number of nitrogens with one attached hydrogen (secondary N) is 1. The van der Waals surface area contributed by atoms with Crippen molar-refractivity contribution in [3.63, 3.8) is 0 Å². The Morgan fingerprint density at radius 3 is 2.69 bits per heavy atom. The van der Waals surface area contributed by atoms with Gasteiger partial charge in [-0.05, 0) is 12.8 Å². The first-order chi connectivity index (χ1) is 7.61. The van der Waals surface area contributed by atoms with Gasteiger partial charge in [-0.15, -0.1) is 0 Å². The van der Waals surface area contributed by atoms with Crippen molar-refractivity contribution >= 4 is 0 Å². The number of H-pyrrole nitrogens is 1. The minimum absolute atomic E-state index is 0.0359. The van der Waals surface area contributed by atoms with Crippen LogP contribution in [0.15, 0.2) is 23.4 Å². The van der Waals surface area contributed by atoms with Gasteiger partial charge in [-0.2, -0.15) is 0 Å². The summed E-state index contributed by atoms with van der Waals surface area (Å²) in [5.74, 6) is 0.766. The van der Waals surface area contributed by atoms with E-state index in [4.69, 9.17) is 0 Å². The molecule has 0 unspecified atom stereocenters. The van der Waals surface area contributed by atoms with E-state index in [-0.39, 0.29) is 11.5 Å². The van der Waals surface area contributed by atoms with Crippen LogP contribution < -0.4 is 5.56 Å². The molecule has 0 radical (unpaired) electrons. The topological polar surface area (TPSA) is 63.6 Å². The molecule has 0 atom stereocenters. The van der Waals surface area contributed by atoms with Gasteiger partial charge in [-0.3, -0.25) is 9.89 Å². The molecular weight excluding hydrogens is 204 g/mol. The Kier molecular flexibility index (Phi) is 2.60. The second kappa shape index (κ2) is 3.92. The zero-order valence-corrected chi connectivity index (χ0v) is 9.56. The molecule has 2 aromatic rings. The van der Waals surface area contributed by atoms with Crippen molar-refractivity contribution in [2.45, 2.75) is 26.7 Å². The summed E-state index contributed by atoms with van der Waals surface area (Å²) in [4.78, 5) is 20.0. The van der Waals surface area contributed by atoms with Crippen molar-refractivity contribution in [1.29, 1.82) is 0 Å². The Morgan fingerprint density at radius 1 is 1.44 bits per heavy atom. The van der Waals surface area contributed by atoms with Crippen LogP contribution in [0.3, 0.4) is 0 Å². The Balaban J connectivity index is 2.61. The van der Waals surface area contributed by atoms with Gasteiger partial charge in [0, 0.05) is 23.5 Å². The van der Waals surface area contributed by atoms with Gasteiger partial charge in [0.25, 0.3) is 5.56 Å². The Morgan fingerprint density at radius 2 is 2.19 bits per heavy atom. The number of hydrogen-bond acceptors (Lipinski definition) is 3. The van der Waals surface area contributed by atoms with Gasteiger partial charge in [0.2, 0.25) is 0 Å². The number of rotatable bonds is 2. The van der Waals surface area contributed by atoms with Crippen LogP contribution in [0, 0.1) is 6.92 Å². The van der Waals surface area contributed by atoms with Crippen LogP contribution in [-0.4, -0.2) is 19.7 Å². The minimum Gasteiger partial charge on any atom is -0.294 e. The fourth-order valence-corrected chi connectivity index (χ4v) is 1.82. The lowest BCUT2D eigenvalue weighted by molar-refractivity contribution is 0.796. The molecule has 1 N–H and O–H groups in total. The number of aromatic nitrogens is 4. The maximum Gasteiger partial charge on any atom is 0.276 e. The third-order valence-corrected chi connectivity index (χ3v) is 2.49. The van der Waals surface area contributed by atoms with Crippen molar-refractivity contribution in [3.05, 3.63) is 40.2 Å². The maximum absolute atomic E-state index is 12.1. The fourth-order valence-electron chi connectivity index (χ4n) is 1.82. The van der Waals surface area contributed by atoms with Gasteiger partial charge in [0.1, 0.15) is 6.33 Å². The highest BCUT2D eigenvalue weighted by Gasteiger charge is 2.15. The quantitative estimate of drug-likeness (QED) is 0.828. The van der Waals surface area contributed by atoms with Crippen LogP contribution in [0.4, 0.5) is 0 Å². The third-order valence-electron chi connectivity index (χ3n) is 2.49. The van der Waals surface area contributed by atoms with Crippen LogP contribution in [0.2, 0.25) is 0 Å². The van der Waals surface area contributed by atoms with Crippen molar-refractivity contribution in [3.8, 4) is 5.82 Å². The fraction of sp³-hybridized carbons (Fsp3) is 0.364. The summed E-state index contributed by atoms with van der Waals surface area (Å²) >= 11 is 0. The molecule has 0 aromatic carbocycles. The first kappa shape index (κ1) is 10.6. The molecule has 0 saturated carbocycles. The van der Waals surface area contributed by atoms with E-state index in [1.807, 2.05) is 20.8 Å². The highest BCUT2D eigenvalue weighted by molar-refractivity contribution is 5.26. The van der Waals surface area contributed by atoms with E-state index in [9.17, 15) is 4.79 Å². The average Bonchev–Trinajstić information content (AvgIpc) is 2.55. The normalized spacial score (nSPS) is 11.0. The number of hydrogen-bond donors (Lipinski definition) is 1. The molecule has 84 valence electrons. The highest BCUT2D eigenvalue weighted by Crippen LogP contribution is 2.13. The molecule has 2 rings (SSSR count). The van der Waals surface area contributed by atoms with E-state index in [1.165, 1.54) is 11.0 Å². The lowest BCUT2D eigenvalue weighted by Crippen LogP contribution is -2.19. The van der Waals surface area contributed by atoms with Crippen LogP contribution in [-0.2, 0) is 0 Å². The maximum atomic E-state index is 12.1. The second-order valence-corrected chi connectivity index (χ2v) is 4.01. The lowest BCUT2D eigenvalue weighted by Gasteiger charge is -1.99. The van der Waals surface area contributed by atoms with E-state index < -0.39 is 0 Å². The first-order valence-electron chi connectivity index (χ1n) is 5.19. The number of nitrogens with zero attached hydrogens (tertiary/aromatic N) is 3. The molecule has 0 bridgehead atoms. The molecular formula is C11H14N4O. The molecule has 0 spiro atoms. The SMILES string of the molecule is Cc1[nH]n(-c2ccncn2)c(=O)c1C(C)C. The van der Waals surface area contributed by atoms with Crippen molar-refractivity contribution in [2.75, 3.05) is 0 Å².